The summed E-state index contributed by atoms with van der Waals surface area (Å²) < 4.78 is 209. The molecule has 4 amide bonds. The molecule has 12 N–H and O–H groups in total. The summed E-state index contributed by atoms with van der Waals surface area (Å²) in [7, 11) is -30.7. The summed E-state index contributed by atoms with van der Waals surface area (Å²) in [5.41, 5.74) is -5.02. The number of aromatic nitrogens is 2. The summed E-state index contributed by atoms with van der Waals surface area (Å²) in [5.74, 6) is -4.11. The van der Waals surface area contributed by atoms with Crippen molar-refractivity contribution in [3.8, 4) is 11.5 Å². The van der Waals surface area contributed by atoms with E-state index < -0.39 is 142 Å². The van der Waals surface area contributed by atoms with Gasteiger partial charge in [0, 0.05) is 75.5 Å². The van der Waals surface area contributed by atoms with Crippen LogP contribution in [-0.2, 0) is 60.7 Å². The SMILES string of the molecule is O=C(Nc1ccc(/C=C/c2ccc(NC(=O)c3cc(S(=O)(=O)O)c4cccnc4c3O)cc2S(=O)(=O)O)c(S(=O)(=O)O)c1)Nc1ccc(/C=C/c2ccc(NC(=O)c3cc(S(=O)(=O)O)c4cccnc4c3O)cc2S(=O)(=O)O)c(S(=O)(=O)O)c1.[Na]. The van der Waals surface area contributed by atoms with Crippen molar-refractivity contribution < 1.29 is 102 Å². The molecular weight excluding hydrogens is 1260 g/mol. The van der Waals surface area contributed by atoms with Gasteiger partial charge in [-0.15, -0.1) is 0 Å². The molecule has 8 rings (SSSR count). The number of rotatable bonds is 16. The van der Waals surface area contributed by atoms with Crippen LogP contribution >= 0.6 is 0 Å². The average Bonchev–Trinajstić information content (AvgIpc) is 1.42. The molecule has 0 aliphatic heterocycles. The van der Waals surface area contributed by atoms with Gasteiger partial charge in [-0.2, -0.15) is 50.5 Å². The Morgan fingerprint density at radius 1 is 0.365 bits per heavy atom. The Balaban J connectivity index is 0.0000104. The fourth-order valence-electron chi connectivity index (χ4n) is 8.11. The van der Waals surface area contributed by atoms with Gasteiger partial charge >= 0.3 is 6.03 Å². The van der Waals surface area contributed by atoms with E-state index in [4.69, 9.17) is 0 Å². The number of nitrogens with zero attached hydrogens (tertiary/aromatic N) is 2. The number of fused-ring (bicyclic) bond motifs is 2. The summed E-state index contributed by atoms with van der Waals surface area (Å²) >= 11 is 0. The van der Waals surface area contributed by atoms with E-state index in [9.17, 15) is 102 Å². The predicted octanol–water partition coefficient (Wildman–Crippen LogP) is 5.78. The Hall–Kier alpha value is -8.11. The van der Waals surface area contributed by atoms with Crippen molar-refractivity contribution in [3.05, 3.63) is 155 Å². The van der Waals surface area contributed by atoms with Crippen molar-refractivity contribution in [2.45, 2.75) is 29.4 Å². The Morgan fingerprint density at radius 3 is 0.882 bits per heavy atom. The number of hydrogen-bond acceptors (Lipinski definition) is 19. The summed E-state index contributed by atoms with van der Waals surface area (Å²) in [6, 6.07) is 16.5. The molecule has 0 bridgehead atoms. The Morgan fingerprint density at radius 2 is 0.624 bits per heavy atom. The fraction of sp³-hybridized carbons (Fsp3) is 0. The number of nitrogens with one attached hydrogen (secondary N) is 4. The second-order valence-corrected chi connectivity index (χ2v) is 25.7. The second kappa shape index (κ2) is 24.1. The smallest absolute Gasteiger partial charge is 0.323 e. The minimum atomic E-state index is -5.18. The Bertz CT molecular complexity index is 4640. The molecule has 0 saturated carbocycles. The number of amides is 4. The number of carbonyl (C=O) groups is 3. The van der Waals surface area contributed by atoms with Crippen LogP contribution in [0.2, 0.25) is 0 Å². The van der Waals surface area contributed by atoms with Gasteiger partial charge in [-0.1, -0.05) is 48.6 Å². The third-order valence-corrected chi connectivity index (χ3v) is 17.2. The number of anilines is 4. The Labute approximate surface area is 502 Å². The summed E-state index contributed by atoms with van der Waals surface area (Å²) in [4.78, 5) is 42.3. The van der Waals surface area contributed by atoms with Gasteiger partial charge < -0.3 is 31.5 Å². The maximum Gasteiger partial charge on any atom is 0.323 e. The van der Waals surface area contributed by atoms with E-state index in [-0.39, 0.29) is 85.3 Å². The number of carbonyl (C=O) groups excluding carboxylic acids is 3. The summed E-state index contributed by atoms with van der Waals surface area (Å²) in [6.07, 6.45) is 6.16. The van der Waals surface area contributed by atoms with E-state index in [2.05, 4.69) is 31.2 Å². The van der Waals surface area contributed by atoms with Crippen molar-refractivity contribution in [1.29, 1.82) is 0 Å². The quantitative estimate of drug-likeness (QED) is 0.0310. The van der Waals surface area contributed by atoms with Gasteiger partial charge in [0.15, 0.2) is 11.5 Å². The largest absolute Gasteiger partial charge is 0.505 e. The number of benzene rings is 6. The third kappa shape index (κ3) is 14.7. The molecule has 6 aromatic carbocycles. The number of pyridine rings is 2. The van der Waals surface area contributed by atoms with Crippen molar-refractivity contribution in [1.82, 2.24) is 9.97 Å². The zero-order valence-corrected chi connectivity index (χ0v) is 49.3. The molecule has 85 heavy (non-hydrogen) atoms. The van der Waals surface area contributed by atoms with Gasteiger partial charge in [-0.25, -0.2) is 4.79 Å². The van der Waals surface area contributed by atoms with Crippen LogP contribution in [0, 0.1) is 0 Å². The normalized spacial score (nSPS) is 12.5. The van der Waals surface area contributed by atoms with Gasteiger partial charge in [0.25, 0.3) is 72.5 Å². The topological polar surface area (TPSA) is 492 Å². The van der Waals surface area contributed by atoms with E-state index in [1.807, 2.05) is 0 Å². The minimum Gasteiger partial charge on any atom is -0.505 e. The van der Waals surface area contributed by atoms with Gasteiger partial charge in [-0.3, -0.25) is 46.9 Å². The molecule has 0 spiro atoms. The molecule has 0 aliphatic rings. The van der Waals surface area contributed by atoms with E-state index in [0.29, 0.717) is 12.1 Å². The van der Waals surface area contributed by atoms with E-state index in [0.717, 1.165) is 109 Å². The molecule has 8 aromatic rings. The first-order valence-corrected chi connectivity index (χ1v) is 31.3. The van der Waals surface area contributed by atoms with Gasteiger partial charge in [0.1, 0.15) is 40.4 Å². The number of phenols is 2. The number of phenolic OH excluding ortho intramolecular Hbond substituents is 2. The first kappa shape index (κ1) is 64.5. The maximum atomic E-state index is 13.3. The molecule has 0 unspecified atom stereocenters. The van der Waals surface area contributed by atoms with Crippen LogP contribution in [0.25, 0.3) is 46.1 Å². The van der Waals surface area contributed by atoms with Crippen LogP contribution in [0.3, 0.4) is 0 Å². The number of urea groups is 1. The van der Waals surface area contributed by atoms with Crippen LogP contribution in [0.1, 0.15) is 43.0 Å². The monoisotopic (exact) mass is 1290 g/mol. The molecule has 0 fully saturated rings. The fourth-order valence-corrected chi connectivity index (χ4v) is 12.4. The maximum absolute atomic E-state index is 13.3. The minimum absolute atomic E-state index is 0. The second-order valence-electron chi connectivity index (χ2n) is 17.4. The molecule has 0 atom stereocenters. The van der Waals surface area contributed by atoms with E-state index in [1.54, 1.807) is 0 Å². The van der Waals surface area contributed by atoms with Crippen LogP contribution < -0.4 is 21.3 Å². The Kier molecular flexibility index (Phi) is 18.3. The molecule has 2 heterocycles. The summed E-state index contributed by atoms with van der Waals surface area (Å²) in [5, 5.41) is 30.0. The van der Waals surface area contributed by atoms with E-state index in [1.165, 1.54) is 24.3 Å². The van der Waals surface area contributed by atoms with Crippen LogP contribution in [0.15, 0.2) is 151 Å². The average molecular weight is 1290 g/mol. The van der Waals surface area contributed by atoms with Gasteiger partial charge in [-0.05, 0) is 107 Å². The zero-order chi connectivity index (χ0) is 61.6. The first-order chi connectivity index (χ1) is 39.0. The molecule has 0 saturated heterocycles. The van der Waals surface area contributed by atoms with Crippen molar-refractivity contribution in [2.24, 2.45) is 0 Å². The molecule has 437 valence electrons. The van der Waals surface area contributed by atoms with Crippen LogP contribution in [0.4, 0.5) is 27.5 Å². The van der Waals surface area contributed by atoms with Crippen molar-refractivity contribution in [2.75, 3.05) is 21.3 Å². The molecule has 1 radical (unpaired) electrons. The van der Waals surface area contributed by atoms with Crippen molar-refractivity contribution >= 4 is 177 Å². The van der Waals surface area contributed by atoms with Crippen LogP contribution in [0.5, 0.6) is 11.5 Å². The van der Waals surface area contributed by atoms with E-state index >= 15 is 0 Å². The predicted molar refractivity (Wildman–Crippen MR) is 304 cm³/mol. The first-order valence-electron chi connectivity index (χ1n) is 22.7. The standard InChI is InChI=1S/C49H36N6O23S6.Na/c56-45-35(23-41(83(73,74)75)33-3-1-17-50-43(33)45)47(58)52-29-13-9-25(37(19-29)79(61,62)63)5-7-27-11-15-31(21-39(27)81(67,68)69)54-49(60)55-32-16-12-28(40(22-32)82(70,71)72)8-6-26-10-14-30(20-38(26)80(64,65)66)53-48(59)36-24-42(84(76,77)78)34-4-2-18-51-44(34)46(36)57;/h1-24,56-57H,(H,52,58)(H,53,59)(H2,54,55,60)(H,61,62,63)(H,64,65,66)(H,67,68,69)(H,70,71,72)(H,73,74,75)(H,76,77,78);/b7-5+,8-6+;. The molecule has 36 heteroatoms. The van der Waals surface area contributed by atoms with Crippen molar-refractivity contribution in [3.63, 3.8) is 0 Å². The van der Waals surface area contributed by atoms with Gasteiger partial charge in [0.2, 0.25) is 0 Å². The molecule has 29 nitrogen and oxygen atoms in total. The van der Waals surface area contributed by atoms with Gasteiger partial charge in [0.05, 0.1) is 11.1 Å². The third-order valence-electron chi connectivity index (χ3n) is 11.8. The van der Waals surface area contributed by atoms with Crippen LogP contribution in [-0.4, -0.2) is 145 Å². The molecule has 2 aromatic heterocycles. The molecule has 0 aliphatic carbocycles. The number of aromatic hydroxyl groups is 2. The zero-order valence-electron chi connectivity index (χ0n) is 42.4. The summed E-state index contributed by atoms with van der Waals surface area (Å²) in [6.45, 7) is 0. The molecular formula is C49H36N6NaO23S6. The number of hydrogen-bond donors (Lipinski definition) is 12.